The van der Waals surface area contributed by atoms with Crippen LogP contribution in [0.3, 0.4) is 0 Å². The van der Waals surface area contributed by atoms with Crippen molar-refractivity contribution >= 4 is 22.8 Å². The maximum atomic E-state index is 12.5. The number of rotatable bonds is 4. The van der Waals surface area contributed by atoms with Gasteiger partial charge in [-0.1, -0.05) is 36.4 Å². The van der Waals surface area contributed by atoms with E-state index in [0.29, 0.717) is 22.3 Å². The highest BCUT2D eigenvalue weighted by molar-refractivity contribution is 6.08. The Labute approximate surface area is 132 Å². The Bertz CT molecular complexity index is 881. The lowest BCUT2D eigenvalue weighted by Gasteiger charge is -2.09. The van der Waals surface area contributed by atoms with E-state index in [2.05, 4.69) is 0 Å². The Morgan fingerprint density at radius 3 is 2.39 bits per heavy atom. The summed E-state index contributed by atoms with van der Waals surface area (Å²) < 4.78 is 6.88. The molecular weight excluding hydrogens is 294 g/mol. The molecular formula is C18H15NO4. The number of carboxylic acid groups (broad SMARTS) is 1. The molecule has 3 rings (SSSR count). The minimum Gasteiger partial charge on any atom is -0.484 e. The number of ether oxygens (including phenoxy) is 1. The molecule has 0 amide bonds. The summed E-state index contributed by atoms with van der Waals surface area (Å²) in [5.74, 6) is -0.766. The molecule has 0 aliphatic heterocycles. The average Bonchev–Trinajstić information content (AvgIpc) is 2.85. The SMILES string of the molecule is Cc1c(C(=O)O)c2ccccc2n1C(=O)COc1ccccc1. The summed E-state index contributed by atoms with van der Waals surface area (Å²) in [5, 5.41) is 9.96. The molecule has 0 saturated heterocycles. The molecule has 0 aliphatic carbocycles. The van der Waals surface area contributed by atoms with Crippen LogP contribution in [0.1, 0.15) is 20.8 Å². The largest absolute Gasteiger partial charge is 0.484 e. The molecule has 0 saturated carbocycles. The number of hydrogen-bond acceptors (Lipinski definition) is 3. The quantitative estimate of drug-likeness (QED) is 0.802. The molecule has 0 unspecified atom stereocenters. The number of carbonyl (C=O) groups is 2. The zero-order valence-corrected chi connectivity index (χ0v) is 12.5. The van der Waals surface area contributed by atoms with Gasteiger partial charge in [-0.25, -0.2) is 4.79 Å². The third-order valence-corrected chi connectivity index (χ3v) is 3.68. The van der Waals surface area contributed by atoms with Gasteiger partial charge in [0.1, 0.15) is 5.75 Å². The van der Waals surface area contributed by atoms with Gasteiger partial charge in [0.05, 0.1) is 11.1 Å². The fraction of sp³-hybridized carbons (Fsp3) is 0.111. The Balaban J connectivity index is 1.97. The van der Waals surface area contributed by atoms with Crippen LogP contribution >= 0.6 is 0 Å². The van der Waals surface area contributed by atoms with E-state index in [4.69, 9.17) is 4.74 Å². The summed E-state index contributed by atoms with van der Waals surface area (Å²) in [6.07, 6.45) is 0. The third kappa shape index (κ3) is 2.68. The lowest BCUT2D eigenvalue weighted by Crippen LogP contribution is -2.20. The van der Waals surface area contributed by atoms with Crippen molar-refractivity contribution in [3.63, 3.8) is 0 Å². The number of carbonyl (C=O) groups excluding carboxylic acids is 1. The highest BCUT2D eigenvalue weighted by Crippen LogP contribution is 2.25. The maximum absolute atomic E-state index is 12.5. The number of aromatic nitrogens is 1. The molecule has 3 aromatic rings. The number of para-hydroxylation sites is 2. The predicted octanol–water partition coefficient (Wildman–Crippen LogP) is 3.37. The molecule has 5 heteroatoms. The fourth-order valence-corrected chi connectivity index (χ4v) is 2.69. The van der Waals surface area contributed by atoms with Crippen LogP contribution in [0.5, 0.6) is 5.75 Å². The van der Waals surface area contributed by atoms with Crippen LogP contribution in [0.2, 0.25) is 0 Å². The van der Waals surface area contributed by atoms with Crippen LogP contribution in [0.15, 0.2) is 54.6 Å². The lowest BCUT2D eigenvalue weighted by molar-refractivity contribution is 0.0698. The van der Waals surface area contributed by atoms with E-state index < -0.39 is 5.97 Å². The molecule has 0 spiro atoms. The molecule has 0 bridgehead atoms. The highest BCUT2D eigenvalue weighted by atomic mass is 16.5. The number of aromatic carboxylic acids is 1. The van der Waals surface area contributed by atoms with E-state index >= 15 is 0 Å². The van der Waals surface area contributed by atoms with Crippen molar-refractivity contribution in [2.75, 3.05) is 6.61 Å². The average molecular weight is 309 g/mol. The van der Waals surface area contributed by atoms with Crippen LogP contribution in [0.4, 0.5) is 0 Å². The molecule has 2 aromatic carbocycles. The summed E-state index contributed by atoms with van der Waals surface area (Å²) in [4.78, 5) is 24.0. The fourth-order valence-electron chi connectivity index (χ4n) is 2.69. The van der Waals surface area contributed by atoms with E-state index in [-0.39, 0.29) is 18.1 Å². The molecule has 1 N–H and O–H groups in total. The Hall–Kier alpha value is -3.08. The second kappa shape index (κ2) is 5.96. The van der Waals surface area contributed by atoms with Crippen molar-refractivity contribution in [1.82, 2.24) is 4.57 Å². The summed E-state index contributed by atoms with van der Waals surface area (Å²) in [6.45, 7) is 1.46. The third-order valence-electron chi connectivity index (χ3n) is 3.68. The van der Waals surface area contributed by atoms with Crippen molar-refractivity contribution < 1.29 is 19.4 Å². The molecule has 116 valence electrons. The predicted molar refractivity (Wildman–Crippen MR) is 86.2 cm³/mol. The van der Waals surface area contributed by atoms with Gasteiger partial charge >= 0.3 is 5.97 Å². The maximum Gasteiger partial charge on any atom is 0.338 e. The molecule has 0 aliphatic rings. The van der Waals surface area contributed by atoms with Crippen molar-refractivity contribution in [3.05, 3.63) is 65.9 Å². The topological polar surface area (TPSA) is 68.5 Å². The Morgan fingerprint density at radius 2 is 1.70 bits per heavy atom. The summed E-state index contributed by atoms with van der Waals surface area (Å²) >= 11 is 0. The van der Waals surface area contributed by atoms with E-state index in [0.717, 1.165) is 0 Å². The van der Waals surface area contributed by atoms with Gasteiger partial charge in [-0.05, 0) is 25.1 Å². The number of benzene rings is 2. The zero-order valence-electron chi connectivity index (χ0n) is 12.5. The standard InChI is InChI=1S/C18H15NO4/c1-12-17(18(21)22)14-9-5-6-10-15(14)19(12)16(20)11-23-13-7-3-2-4-8-13/h2-10H,11H2,1H3,(H,21,22). The van der Waals surface area contributed by atoms with E-state index in [1.165, 1.54) is 4.57 Å². The number of nitrogens with zero attached hydrogens (tertiary/aromatic N) is 1. The molecule has 0 atom stereocenters. The van der Waals surface area contributed by atoms with Crippen molar-refractivity contribution in [1.29, 1.82) is 0 Å². The second-order valence-corrected chi connectivity index (χ2v) is 5.11. The highest BCUT2D eigenvalue weighted by Gasteiger charge is 2.22. The van der Waals surface area contributed by atoms with E-state index in [1.807, 2.05) is 18.2 Å². The summed E-state index contributed by atoms with van der Waals surface area (Å²) in [6, 6.07) is 16.0. The summed E-state index contributed by atoms with van der Waals surface area (Å²) in [7, 11) is 0. The van der Waals surface area contributed by atoms with E-state index in [1.54, 1.807) is 43.3 Å². The molecule has 5 nitrogen and oxygen atoms in total. The van der Waals surface area contributed by atoms with Crippen LogP contribution < -0.4 is 4.74 Å². The minimum atomic E-state index is -1.05. The first kappa shape index (κ1) is 14.8. The number of fused-ring (bicyclic) bond motifs is 1. The number of hydrogen-bond donors (Lipinski definition) is 1. The van der Waals surface area contributed by atoms with Gasteiger partial charge in [0.15, 0.2) is 6.61 Å². The first-order chi connectivity index (χ1) is 11.1. The first-order valence-electron chi connectivity index (χ1n) is 7.14. The molecule has 1 aromatic heterocycles. The minimum absolute atomic E-state index is 0.147. The molecule has 23 heavy (non-hydrogen) atoms. The second-order valence-electron chi connectivity index (χ2n) is 5.11. The Morgan fingerprint density at radius 1 is 1.04 bits per heavy atom. The summed E-state index contributed by atoms with van der Waals surface area (Å²) in [5.41, 5.74) is 1.12. The van der Waals surface area contributed by atoms with Crippen LogP contribution in [0.25, 0.3) is 10.9 Å². The van der Waals surface area contributed by atoms with Gasteiger partial charge in [0.25, 0.3) is 5.91 Å². The van der Waals surface area contributed by atoms with Gasteiger partial charge in [-0.15, -0.1) is 0 Å². The van der Waals surface area contributed by atoms with Crippen LogP contribution in [-0.2, 0) is 0 Å². The smallest absolute Gasteiger partial charge is 0.338 e. The van der Waals surface area contributed by atoms with Crippen LogP contribution in [-0.4, -0.2) is 28.2 Å². The lowest BCUT2D eigenvalue weighted by atomic mass is 10.1. The van der Waals surface area contributed by atoms with Crippen molar-refractivity contribution in [3.8, 4) is 5.75 Å². The number of carboxylic acids is 1. The first-order valence-corrected chi connectivity index (χ1v) is 7.14. The van der Waals surface area contributed by atoms with Crippen molar-refractivity contribution in [2.24, 2.45) is 0 Å². The Kier molecular flexibility index (Phi) is 3.85. The van der Waals surface area contributed by atoms with Crippen molar-refractivity contribution in [2.45, 2.75) is 6.92 Å². The zero-order chi connectivity index (χ0) is 16.4. The van der Waals surface area contributed by atoms with Gasteiger partial charge in [0, 0.05) is 11.1 Å². The normalized spacial score (nSPS) is 10.7. The van der Waals surface area contributed by atoms with Gasteiger partial charge in [-0.2, -0.15) is 0 Å². The van der Waals surface area contributed by atoms with E-state index in [9.17, 15) is 14.7 Å². The van der Waals surface area contributed by atoms with Gasteiger partial charge in [0.2, 0.25) is 0 Å². The molecule has 0 radical (unpaired) electrons. The molecule has 1 heterocycles. The monoisotopic (exact) mass is 309 g/mol. The van der Waals surface area contributed by atoms with Gasteiger partial charge in [-0.3, -0.25) is 9.36 Å². The van der Waals surface area contributed by atoms with Crippen LogP contribution in [0, 0.1) is 6.92 Å². The molecule has 0 fully saturated rings. The van der Waals surface area contributed by atoms with Gasteiger partial charge < -0.3 is 9.84 Å².